The molecule has 4 aromatic rings. The van der Waals surface area contributed by atoms with Crippen molar-refractivity contribution in [3.63, 3.8) is 0 Å². The van der Waals surface area contributed by atoms with Crippen molar-refractivity contribution in [2.24, 2.45) is 0 Å². The van der Waals surface area contributed by atoms with Gasteiger partial charge in [0.1, 0.15) is 17.0 Å². The largest absolute Gasteiger partial charge is 0.497 e. The molecule has 2 aromatic carbocycles. The van der Waals surface area contributed by atoms with Crippen LogP contribution in [0.25, 0.3) is 21.9 Å². The number of benzene rings is 2. The monoisotopic (exact) mass is 431 g/mol. The van der Waals surface area contributed by atoms with Crippen molar-refractivity contribution >= 4 is 33.5 Å². The molecule has 7 heteroatoms. The van der Waals surface area contributed by atoms with Gasteiger partial charge in [-0.1, -0.05) is 12.1 Å². The third-order valence-corrected chi connectivity index (χ3v) is 6.20. The Kier molecular flexibility index (Phi) is 5.09. The molecule has 3 heterocycles. The van der Waals surface area contributed by atoms with Crippen LogP contribution in [-0.4, -0.2) is 48.7 Å². The quantitative estimate of drug-likeness (QED) is 0.461. The topological polar surface area (TPSA) is 67.9 Å². The number of ether oxygens (including phenoxy) is 1. The first kappa shape index (κ1) is 20.2. The number of hydrogen-bond acceptors (Lipinski definition) is 5. The van der Waals surface area contributed by atoms with Crippen LogP contribution in [0.3, 0.4) is 0 Å². The van der Waals surface area contributed by atoms with Crippen LogP contribution in [0.4, 0.5) is 5.69 Å². The van der Waals surface area contributed by atoms with Gasteiger partial charge in [-0.2, -0.15) is 0 Å². The fourth-order valence-corrected chi connectivity index (χ4v) is 4.53. The van der Waals surface area contributed by atoms with Gasteiger partial charge in [-0.3, -0.25) is 4.79 Å². The normalized spacial score (nSPS) is 14.3. The number of rotatable bonds is 4. The van der Waals surface area contributed by atoms with Gasteiger partial charge < -0.3 is 23.5 Å². The van der Waals surface area contributed by atoms with E-state index in [1.54, 1.807) is 19.2 Å². The maximum Gasteiger partial charge on any atom is 0.345 e. The number of hydrogen-bond donors (Lipinski definition) is 0. The van der Waals surface area contributed by atoms with E-state index in [9.17, 15) is 9.59 Å². The first-order chi connectivity index (χ1) is 15.6. The van der Waals surface area contributed by atoms with E-state index in [1.165, 1.54) is 0 Å². The van der Waals surface area contributed by atoms with Crippen molar-refractivity contribution in [1.82, 2.24) is 9.47 Å². The highest BCUT2D eigenvalue weighted by molar-refractivity contribution is 6.07. The lowest BCUT2D eigenvalue weighted by Gasteiger charge is -2.36. The third-order valence-electron chi connectivity index (χ3n) is 6.20. The van der Waals surface area contributed by atoms with Crippen LogP contribution in [0.5, 0.6) is 5.75 Å². The van der Waals surface area contributed by atoms with E-state index in [2.05, 4.69) is 4.90 Å². The fourth-order valence-electron chi connectivity index (χ4n) is 4.53. The molecule has 1 saturated heterocycles. The van der Waals surface area contributed by atoms with E-state index < -0.39 is 5.63 Å². The van der Waals surface area contributed by atoms with Crippen molar-refractivity contribution in [2.75, 3.05) is 38.2 Å². The highest BCUT2D eigenvalue weighted by Gasteiger charge is 2.26. The second-order valence-corrected chi connectivity index (χ2v) is 7.90. The van der Waals surface area contributed by atoms with Crippen molar-refractivity contribution < 1.29 is 13.9 Å². The Hall–Kier alpha value is -3.74. The van der Waals surface area contributed by atoms with Gasteiger partial charge in [-0.05, 0) is 49.4 Å². The van der Waals surface area contributed by atoms with Crippen molar-refractivity contribution in [1.29, 1.82) is 0 Å². The van der Waals surface area contributed by atoms with Crippen molar-refractivity contribution in [3.8, 4) is 5.75 Å². The Morgan fingerprint density at radius 2 is 1.72 bits per heavy atom. The van der Waals surface area contributed by atoms with Gasteiger partial charge in [0.2, 0.25) is 0 Å². The van der Waals surface area contributed by atoms with E-state index in [0.717, 1.165) is 35.4 Å². The van der Waals surface area contributed by atoms with Crippen LogP contribution in [0.1, 0.15) is 17.4 Å². The highest BCUT2D eigenvalue weighted by atomic mass is 16.5. The number of anilines is 1. The van der Waals surface area contributed by atoms with Crippen LogP contribution in [0, 0.1) is 0 Å². The molecule has 1 amide bonds. The minimum absolute atomic E-state index is 0.0547. The number of para-hydroxylation sites is 1. The average molecular weight is 431 g/mol. The molecule has 1 fully saturated rings. The van der Waals surface area contributed by atoms with E-state index in [-0.39, 0.29) is 5.91 Å². The highest BCUT2D eigenvalue weighted by Crippen LogP contribution is 2.27. The van der Waals surface area contributed by atoms with Crippen molar-refractivity contribution in [2.45, 2.75) is 13.5 Å². The van der Waals surface area contributed by atoms with Crippen LogP contribution >= 0.6 is 0 Å². The molecule has 1 aliphatic rings. The molecular formula is C25H25N3O4. The van der Waals surface area contributed by atoms with E-state index in [4.69, 9.17) is 9.15 Å². The fraction of sp³-hybridized carbons (Fsp3) is 0.280. The van der Waals surface area contributed by atoms with Gasteiger partial charge in [-0.25, -0.2) is 4.79 Å². The van der Waals surface area contributed by atoms with Crippen LogP contribution in [0.2, 0.25) is 0 Å². The zero-order valence-electron chi connectivity index (χ0n) is 18.2. The first-order valence-electron chi connectivity index (χ1n) is 10.8. The predicted molar refractivity (Wildman–Crippen MR) is 125 cm³/mol. The summed E-state index contributed by atoms with van der Waals surface area (Å²) in [5.74, 6) is 0.771. The summed E-state index contributed by atoms with van der Waals surface area (Å²) in [5, 5.41) is 1.29. The second kappa shape index (κ2) is 8.07. The molecule has 164 valence electrons. The summed E-state index contributed by atoms with van der Waals surface area (Å²) in [6, 6.07) is 17.1. The Morgan fingerprint density at radius 1 is 1.00 bits per heavy atom. The average Bonchev–Trinajstić information content (AvgIpc) is 3.24. The SMILES string of the molecule is CCn1c(C(=O)N2CCN(c3ccc(OC)cc3)CC2)cc2c(=O)oc3ccccc3c21. The maximum absolute atomic E-state index is 13.5. The van der Waals surface area contributed by atoms with Gasteiger partial charge >= 0.3 is 5.63 Å². The van der Waals surface area contributed by atoms with Gasteiger partial charge in [0.15, 0.2) is 0 Å². The molecule has 32 heavy (non-hydrogen) atoms. The Morgan fingerprint density at radius 3 is 2.41 bits per heavy atom. The van der Waals surface area contributed by atoms with Gasteiger partial charge in [0.05, 0.1) is 18.0 Å². The predicted octanol–water partition coefficient (Wildman–Crippen LogP) is 3.74. The summed E-state index contributed by atoms with van der Waals surface area (Å²) in [7, 11) is 1.65. The van der Waals surface area contributed by atoms with Crippen molar-refractivity contribution in [3.05, 3.63) is 70.7 Å². The number of carbonyl (C=O) groups excluding carboxylic acids is 1. The molecule has 0 N–H and O–H groups in total. The summed E-state index contributed by atoms with van der Waals surface area (Å²) in [6.07, 6.45) is 0. The minimum atomic E-state index is -0.413. The Bertz CT molecular complexity index is 1350. The van der Waals surface area contributed by atoms with Gasteiger partial charge in [-0.15, -0.1) is 0 Å². The minimum Gasteiger partial charge on any atom is -0.497 e. The molecule has 1 aliphatic heterocycles. The Balaban J connectivity index is 1.43. The molecular weight excluding hydrogens is 406 g/mol. The summed E-state index contributed by atoms with van der Waals surface area (Å²) in [6.45, 7) is 5.30. The summed E-state index contributed by atoms with van der Waals surface area (Å²) in [4.78, 5) is 30.2. The first-order valence-corrected chi connectivity index (χ1v) is 10.8. The molecule has 0 radical (unpaired) electrons. The lowest BCUT2D eigenvalue weighted by Crippen LogP contribution is -2.49. The second-order valence-electron chi connectivity index (χ2n) is 7.90. The molecule has 0 aliphatic carbocycles. The number of aromatic nitrogens is 1. The molecule has 7 nitrogen and oxygen atoms in total. The molecule has 2 aromatic heterocycles. The number of nitrogens with zero attached hydrogens (tertiary/aromatic N) is 3. The molecule has 0 bridgehead atoms. The lowest BCUT2D eigenvalue weighted by atomic mass is 10.2. The standard InChI is InChI=1S/C25H25N3O4/c1-3-28-21(16-20-23(28)19-6-4-5-7-22(19)32-25(20)30)24(29)27-14-12-26(13-15-27)17-8-10-18(31-2)11-9-17/h4-11,16H,3,12-15H2,1-2H3. The maximum atomic E-state index is 13.5. The summed E-state index contributed by atoms with van der Waals surface area (Å²) < 4.78 is 12.7. The number of piperazine rings is 1. The zero-order valence-corrected chi connectivity index (χ0v) is 18.2. The summed E-state index contributed by atoms with van der Waals surface area (Å²) >= 11 is 0. The smallest absolute Gasteiger partial charge is 0.345 e. The number of methoxy groups -OCH3 is 1. The number of aryl methyl sites for hydroxylation is 1. The molecule has 5 rings (SSSR count). The van der Waals surface area contributed by atoms with Crippen LogP contribution in [0.15, 0.2) is 63.8 Å². The molecule has 0 spiro atoms. The van der Waals surface area contributed by atoms with E-state index in [0.29, 0.717) is 36.3 Å². The number of amides is 1. The molecule has 0 saturated carbocycles. The zero-order chi connectivity index (χ0) is 22.2. The third kappa shape index (κ3) is 3.30. The lowest BCUT2D eigenvalue weighted by molar-refractivity contribution is 0.0736. The summed E-state index contributed by atoms with van der Waals surface area (Å²) in [5.41, 5.74) is 2.53. The molecule has 0 atom stereocenters. The van der Waals surface area contributed by atoms with Crippen LogP contribution < -0.4 is 15.3 Å². The Labute approximate surface area is 185 Å². The van der Waals surface area contributed by atoms with E-state index in [1.807, 2.05) is 58.9 Å². The molecule has 0 unspecified atom stereocenters. The number of carbonyl (C=O) groups is 1. The van der Waals surface area contributed by atoms with Crippen LogP contribution in [-0.2, 0) is 6.54 Å². The number of fused-ring (bicyclic) bond motifs is 3. The van der Waals surface area contributed by atoms with Gasteiger partial charge in [0.25, 0.3) is 5.91 Å². The van der Waals surface area contributed by atoms with Gasteiger partial charge in [0, 0.05) is 43.8 Å². The van der Waals surface area contributed by atoms with E-state index >= 15 is 0 Å².